The van der Waals surface area contributed by atoms with Crippen LogP contribution >= 0.6 is 0 Å². The van der Waals surface area contributed by atoms with Gasteiger partial charge < -0.3 is 24.4 Å². The lowest BCUT2D eigenvalue weighted by atomic mass is 9.82. The largest absolute Gasteiger partial charge is 0.461 e. The number of carbonyl (C=O) groups excluding carboxylic acids is 2. The Hall–Kier alpha value is -3.23. The lowest BCUT2D eigenvalue weighted by Gasteiger charge is -2.39. The molecule has 1 aromatic carbocycles. The van der Waals surface area contributed by atoms with E-state index < -0.39 is 17.8 Å². The summed E-state index contributed by atoms with van der Waals surface area (Å²) >= 11 is 0. The first kappa shape index (κ1) is 24.1. The van der Waals surface area contributed by atoms with Gasteiger partial charge in [0.15, 0.2) is 6.23 Å². The maximum Gasteiger partial charge on any atom is 0.310 e. The van der Waals surface area contributed by atoms with E-state index in [0.717, 1.165) is 53.8 Å². The van der Waals surface area contributed by atoms with Crippen LogP contribution in [0.1, 0.15) is 56.7 Å². The molecule has 0 aliphatic carbocycles. The molecule has 0 spiro atoms. The molecule has 1 N–H and O–H groups in total. The standard InChI is InChI=1S/C29H33N3O5/c1-2-29(37-25(33)10-13-31-11-6-3-7-12-31)16-26(34)36-18-21-22(29)15-24-27-20(17-32(24)28(21)35)14-19-8-4-5-9-23(19)30-27/h4-5,8-9,14-15,28,35H,2-3,6-7,10-13,16-18H2,1H3. The molecule has 1 aromatic heterocycles. The zero-order valence-corrected chi connectivity index (χ0v) is 21.2. The molecule has 0 bridgehead atoms. The number of likely N-dealkylation sites (tertiary alicyclic amines) is 1. The Kier molecular flexibility index (Phi) is 6.24. The van der Waals surface area contributed by atoms with Crippen LogP contribution in [0.5, 0.6) is 0 Å². The van der Waals surface area contributed by atoms with Crippen molar-refractivity contribution >= 4 is 28.5 Å². The number of aliphatic hydroxyl groups excluding tert-OH is 1. The summed E-state index contributed by atoms with van der Waals surface area (Å²) in [5.74, 6) is -0.768. The minimum Gasteiger partial charge on any atom is -0.461 e. The van der Waals surface area contributed by atoms with Crippen molar-refractivity contribution in [3.05, 3.63) is 58.8 Å². The fourth-order valence-electron chi connectivity index (χ4n) is 6.13. The van der Waals surface area contributed by atoms with Crippen molar-refractivity contribution in [1.29, 1.82) is 0 Å². The Balaban J connectivity index is 1.35. The van der Waals surface area contributed by atoms with Gasteiger partial charge in [-0.15, -0.1) is 0 Å². The van der Waals surface area contributed by atoms with E-state index in [4.69, 9.17) is 14.5 Å². The van der Waals surface area contributed by atoms with Crippen LogP contribution in [0.25, 0.3) is 16.6 Å². The van der Waals surface area contributed by atoms with Crippen LogP contribution in [0.15, 0.2) is 47.6 Å². The van der Waals surface area contributed by atoms with Gasteiger partial charge in [-0.3, -0.25) is 9.59 Å². The summed E-state index contributed by atoms with van der Waals surface area (Å²) in [4.78, 5) is 34.9. The van der Waals surface area contributed by atoms with Crippen LogP contribution in [0.3, 0.4) is 0 Å². The quantitative estimate of drug-likeness (QED) is 0.620. The molecule has 2 unspecified atom stereocenters. The number of para-hydroxylation sites is 1. The number of nitrogens with zero attached hydrogens (tertiary/aromatic N) is 3. The number of cyclic esters (lactones) is 1. The van der Waals surface area contributed by atoms with E-state index in [1.165, 1.54) is 6.42 Å². The van der Waals surface area contributed by atoms with E-state index >= 15 is 0 Å². The van der Waals surface area contributed by atoms with Crippen molar-refractivity contribution in [3.8, 4) is 0 Å². The number of hydrogen-bond acceptors (Lipinski definition) is 8. The fourth-order valence-corrected chi connectivity index (χ4v) is 6.13. The third-order valence-electron chi connectivity index (χ3n) is 8.20. The molecule has 4 aliphatic heterocycles. The number of piperidine rings is 1. The number of aliphatic hydroxyl groups is 1. The Bertz CT molecular complexity index is 1310. The van der Waals surface area contributed by atoms with E-state index in [9.17, 15) is 14.7 Å². The molecule has 2 aromatic rings. The van der Waals surface area contributed by atoms with Gasteiger partial charge in [-0.2, -0.15) is 0 Å². The molecule has 1 fully saturated rings. The van der Waals surface area contributed by atoms with Crippen molar-refractivity contribution in [2.75, 3.05) is 26.2 Å². The normalized spacial score (nSPS) is 25.7. The molecule has 0 radical (unpaired) electrons. The molecule has 8 nitrogen and oxygen atoms in total. The fraction of sp³-hybridized carbons (Fsp3) is 0.483. The maximum absolute atomic E-state index is 13.1. The summed E-state index contributed by atoms with van der Waals surface area (Å²) in [5, 5.41) is 12.5. The third kappa shape index (κ3) is 4.32. The van der Waals surface area contributed by atoms with Crippen molar-refractivity contribution < 1.29 is 24.2 Å². The van der Waals surface area contributed by atoms with Gasteiger partial charge in [-0.25, -0.2) is 4.98 Å². The van der Waals surface area contributed by atoms with E-state index in [2.05, 4.69) is 11.0 Å². The smallest absolute Gasteiger partial charge is 0.310 e. The van der Waals surface area contributed by atoms with E-state index in [1.54, 1.807) is 0 Å². The summed E-state index contributed by atoms with van der Waals surface area (Å²) in [6.07, 6.45) is 5.08. The van der Waals surface area contributed by atoms with Crippen LogP contribution in [0.4, 0.5) is 0 Å². The second-order valence-corrected chi connectivity index (χ2v) is 10.5. The minimum atomic E-state index is -1.19. The van der Waals surface area contributed by atoms with E-state index in [1.807, 2.05) is 42.2 Å². The number of fused-ring (bicyclic) bond motifs is 4. The van der Waals surface area contributed by atoms with Gasteiger partial charge in [0.2, 0.25) is 0 Å². The lowest BCUT2D eigenvalue weighted by Crippen LogP contribution is -2.43. The number of esters is 2. The zero-order valence-electron chi connectivity index (χ0n) is 21.2. The Morgan fingerprint density at radius 1 is 1.24 bits per heavy atom. The van der Waals surface area contributed by atoms with Gasteiger partial charge in [0, 0.05) is 29.6 Å². The van der Waals surface area contributed by atoms with Crippen molar-refractivity contribution in [2.45, 2.75) is 63.8 Å². The van der Waals surface area contributed by atoms with Gasteiger partial charge in [-0.05, 0) is 56.1 Å². The first-order chi connectivity index (χ1) is 18.0. The molecule has 4 aliphatic rings. The molecular formula is C29H33N3O5. The Morgan fingerprint density at radius 3 is 2.86 bits per heavy atom. The predicted octanol–water partition coefficient (Wildman–Crippen LogP) is 3.53. The molecule has 8 heteroatoms. The molecule has 37 heavy (non-hydrogen) atoms. The van der Waals surface area contributed by atoms with Crippen LogP contribution in [0.2, 0.25) is 0 Å². The summed E-state index contributed by atoms with van der Waals surface area (Å²) in [7, 11) is 0. The average Bonchev–Trinajstić information content (AvgIpc) is 3.20. The molecule has 6 rings (SSSR count). The Labute approximate surface area is 216 Å². The number of pyridine rings is 1. The molecule has 1 saturated heterocycles. The van der Waals surface area contributed by atoms with Gasteiger partial charge in [0.05, 0.1) is 29.7 Å². The van der Waals surface area contributed by atoms with E-state index in [0.29, 0.717) is 30.7 Å². The highest BCUT2D eigenvalue weighted by atomic mass is 16.6. The second-order valence-electron chi connectivity index (χ2n) is 10.5. The highest BCUT2D eigenvalue weighted by molar-refractivity contribution is 5.85. The molecule has 0 amide bonds. The van der Waals surface area contributed by atoms with Crippen molar-refractivity contribution in [1.82, 2.24) is 14.8 Å². The first-order valence-corrected chi connectivity index (χ1v) is 13.4. The van der Waals surface area contributed by atoms with Crippen LogP contribution < -0.4 is 0 Å². The number of aromatic nitrogens is 1. The molecule has 194 valence electrons. The lowest BCUT2D eigenvalue weighted by molar-refractivity contribution is -0.161. The highest BCUT2D eigenvalue weighted by Crippen LogP contribution is 2.46. The summed E-state index contributed by atoms with van der Waals surface area (Å²) in [6, 6.07) is 10.1. The van der Waals surface area contributed by atoms with Gasteiger partial charge >= 0.3 is 11.9 Å². The van der Waals surface area contributed by atoms with Gasteiger partial charge in [-0.1, -0.05) is 31.5 Å². The highest BCUT2D eigenvalue weighted by Gasteiger charge is 2.48. The Morgan fingerprint density at radius 2 is 2.05 bits per heavy atom. The van der Waals surface area contributed by atoms with Crippen LogP contribution in [0, 0.1) is 0 Å². The summed E-state index contributed by atoms with van der Waals surface area (Å²) in [6.45, 7) is 5.03. The summed E-state index contributed by atoms with van der Waals surface area (Å²) in [5.41, 5.74) is 3.53. The maximum atomic E-state index is 13.1. The number of hydrogen-bond donors (Lipinski definition) is 1. The number of ether oxygens (including phenoxy) is 2. The average molecular weight is 504 g/mol. The predicted molar refractivity (Wildman–Crippen MR) is 138 cm³/mol. The molecule has 5 heterocycles. The second kappa shape index (κ2) is 9.58. The third-order valence-corrected chi connectivity index (χ3v) is 8.20. The number of benzene rings is 1. The minimum absolute atomic E-state index is 0.0333. The topological polar surface area (TPSA) is 92.2 Å². The number of carbonyl (C=O) groups is 2. The SMILES string of the molecule is CCC1(OC(=O)CCN2CCCCC2)CC(=O)OCC2=C1C=C1c3nc4ccccc4cc3CN1C2O. The van der Waals surface area contributed by atoms with Crippen LogP contribution in [-0.2, 0) is 25.6 Å². The summed E-state index contributed by atoms with van der Waals surface area (Å²) < 4.78 is 11.7. The van der Waals surface area contributed by atoms with Gasteiger partial charge in [0.25, 0.3) is 0 Å². The first-order valence-electron chi connectivity index (χ1n) is 13.4. The van der Waals surface area contributed by atoms with Gasteiger partial charge in [0.1, 0.15) is 12.2 Å². The van der Waals surface area contributed by atoms with Crippen LogP contribution in [-0.4, -0.2) is 69.9 Å². The monoisotopic (exact) mass is 503 g/mol. The zero-order chi connectivity index (χ0) is 25.6. The number of rotatable bonds is 5. The van der Waals surface area contributed by atoms with Crippen molar-refractivity contribution in [2.24, 2.45) is 0 Å². The van der Waals surface area contributed by atoms with E-state index in [-0.39, 0.29) is 25.4 Å². The van der Waals surface area contributed by atoms with Crippen molar-refractivity contribution in [3.63, 3.8) is 0 Å². The molecular weight excluding hydrogens is 470 g/mol. The molecule has 2 atom stereocenters. The molecule has 0 saturated carbocycles.